The Hall–Kier alpha value is -2.18. The second-order valence-electron chi connectivity index (χ2n) is 6.18. The summed E-state index contributed by atoms with van der Waals surface area (Å²) in [5, 5.41) is 2.94. The number of hydrogen-bond acceptors (Lipinski definition) is 3. The Kier molecular flexibility index (Phi) is 5.98. The quantitative estimate of drug-likeness (QED) is 0.861. The number of nitrogens with zero attached hydrogens (tertiary/aromatic N) is 1. The van der Waals surface area contributed by atoms with Gasteiger partial charge in [0, 0.05) is 7.05 Å². The molecule has 6 heteroatoms. The van der Waals surface area contributed by atoms with Crippen molar-refractivity contribution in [3.8, 4) is 0 Å². The molecule has 25 heavy (non-hydrogen) atoms. The van der Waals surface area contributed by atoms with Crippen molar-refractivity contribution in [2.75, 3.05) is 13.3 Å². The number of carbonyl (C=O) groups excluding carboxylic acids is 1. The minimum Gasteiger partial charge on any atom is -0.348 e. The van der Waals surface area contributed by atoms with Gasteiger partial charge in [-0.3, -0.25) is 4.79 Å². The number of likely N-dealkylation sites (N-methyl/N-ethyl adjacent to an activating group) is 1. The summed E-state index contributed by atoms with van der Waals surface area (Å²) in [6, 6.07) is 15.6. The summed E-state index contributed by atoms with van der Waals surface area (Å²) in [5.41, 5.74) is 2.71. The maximum Gasteiger partial charge on any atom is 0.243 e. The Bertz CT molecular complexity index is 835. The highest BCUT2D eigenvalue weighted by Gasteiger charge is 2.31. The number of nitrogens with one attached hydrogen (secondary N) is 1. The number of amides is 1. The van der Waals surface area contributed by atoms with Crippen molar-refractivity contribution in [1.29, 1.82) is 0 Å². The third kappa shape index (κ3) is 4.67. The smallest absolute Gasteiger partial charge is 0.243 e. The lowest BCUT2D eigenvalue weighted by Crippen LogP contribution is -2.42. The van der Waals surface area contributed by atoms with Gasteiger partial charge in [-0.25, -0.2) is 8.42 Å². The molecule has 0 fully saturated rings. The van der Waals surface area contributed by atoms with Gasteiger partial charge in [-0.15, -0.1) is 0 Å². The Balaban J connectivity index is 2.31. The van der Waals surface area contributed by atoms with Crippen LogP contribution in [0.25, 0.3) is 0 Å². The molecule has 1 N–H and O–H groups in total. The number of aryl methyl sites for hydroxylation is 1. The lowest BCUT2D eigenvalue weighted by molar-refractivity contribution is -0.125. The summed E-state index contributed by atoms with van der Waals surface area (Å²) in [5.74, 6) is -0.352. The minimum atomic E-state index is -3.53. The molecule has 5 nitrogen and oxygen atoms in total. The monoisotopic (exact) mass is 360 g/mol. The van der Waals surface area contributed by atoms with Crippen LogP contribution < -0.4 is 5.32 Å². The molecule has 0 radical (unpaired) electrons. The largest absolute Gasteiger partial charge is 0.348 e. The highest BCUT2D eigenvalue weighted by Crippen LogP contribution is 2.24. The molecular formula is C19H24N2O3S. The number of hydrogen-bond donors (Lipinski definition) is 1. The number of carbonyl (C=O) groups is 1. The standard InChI is InChI=1S/C19H24N2O3S/c1-14-10-8-9-13-17(14)15(2)20-19(22)18(21(3)25(4,23)24)16-11-6-5-7-12-16/h5-13,15,18H,1-4H3,(H,20,22)/t15-,18-/m1/s1. The van der Waals surface area contributed by atoms with Gasteiger partial charge in [0.05, 0.1) is 12.3 Å². The zero-order valence-electron chi connectivity index (χ0n) is 14.9. The molecule has 0 unspecified atom stereocenters. The van der Waals surface area contributed by atoms with Crippen LogP contribution in [0.2, 0.25) is 0 Å². The third-order valence-corrected chi connectivity index (χ3v) is 5.52. The van der Waals surface area contributed by atoms with Crippen molar-refractivity contribution in [2.24, 2.45) is 0 Å². The molecule has 0 aliphatic carbocycles. The second kappa shape index (κ2) is 7.80. The highest BCUT2D eigenvalue weighted by molar-refractivity contribution is 7.88. The second-order valence-corrected chi connectivity index (χ2v) is 8.22. The first-order chi connectivity index (χ1) is 11.7. The van der Waals surface area contributed by atoms with Crippen molar-refractivity contribution >= 4 is 15.9 Å². The molecule has 0 spiro atoms. The van der Waals surface area contributed by atoms with E-state index in [4.69, 9.17) is 0 Å². The molecule has 2 atom stereocenters. The van der Waals surface area contributed by atoms with Gasteiger partial charge < -0.3 is 5.32 Å². The zero-order valence-corrected chi connectivity index (χ0v) is 15.7. The van der Waals surface area contributed by atoms with E-state index in [2.05, 4.69) is 5.32 Å². The number of rotatable bonds is 6. The maximum absolute atomic E-state index is 12.9. The van der Waals surface area contributed by atoms with Crippen LogP contribution in [0.4, 0.5) is 0 Å². The summed E-state index contributed by atoms with van der Waals surface area (Å²) >= 11 is 0. The van der Waals surface area contributed by atoms with E-state index in [1.165, 1.54) is 7.05 Å². The average Bonchev–Trinajstić information content (AvgIpc) is 2.55. The van der Waals surface area contributed by atoms with E-state index in [0.717, 1.165) is 21.7 Å². The molecule has 0 heterocycles. The number of benzene rings is 2. The Labute approximate surface area is 149 Å². The summed E-state index contributed by atoms with van der Waals surface area (Å²) in [6.45, 7) is 3.87. The van der Waals surface area contributed by atoms with Gasteiger partial charge in [0.2, 0.25) is 15.9 Å². The van der Waals surface area contributed by atoms with E-state index in [0.29, 0.717) is 5.56 Å². The van der Waals surface area contributed by atoms with Crippen LogP contribution in [-0.2, 0) is 14.8 Å². The van der Waals surface area contributed by atoms with Gasteiger partial charge >= 0.3 is 0 Å². The molecule has 2 aromatic rings. The maximum atomic E-state index is 12.9. The van der Waals surface area contributed by atoms with Crippen LogP contribution in [0.5, 0.6) is 0 Å². The van der Waals surface area contributed by atoms with Crippen LogP contribution in [0.15, 0.2) is 54.6 Å². The van der Waals surface area contributed by atoms with Crippen LogP contribution >= 0.6 is 0 Å². The van der Waals surface area contributed by atoms with Gasteiger partial charge in [0.25, 0.3) is 0 Å². The zero-order chi connectivity index (χ0) is 18.6. The first-order valence-electron chi connectivity index (χ1n) is 8.05. The molecule has 1 amide bonds. The van der Waals surface area contributed by atoms with Gasteiger partial charge in [0.15, 0.2) is 0 Å². The SMILES string of the molecule is Cc1ccccc1[C@@H](C)NC(=O)[C@@H](c1ccccc1)N(C)S(C)(=O)=O. The normalized spacial score (nSPS) is 14.1. The first-order valence-corrected chi connectivity index (χ1v) is 9.90. The number of sulfonamides is 1. The fourth-order valence-corrected chi connectivity index (χ4v) is 3.40. The first kappa shape index (κ1) is 19.1. The molecule has 0 aliphatic rings. The van der Waals surface area contributed by atoms with Crippen molar-refractivity contribution in [2.45, 2.75) is 25.9 Å². The van der Waals surface area contributed by atoms with Gasteiger partial charge in [0.1, 0.15) is 6.04 Å². The lowest BCUT2D eigenvalue weighted by Gasteiger charge is -2.27. The summed E-state index contributed by atoms with van der Waals surface area (Å²) in [4.78, 5) is 12.9. The van der Waals surface area contributed by atoms with E-state index in [9.17, 15) is 13.2 Å². The molecule has 0 bridgehead atoms. The molecule has 0 aromatic heterocycles. The van der Waals surface area contributed by atoms with Gasteiger partial charge in [-0.1, -0.05) is 54.6 Å². The summed E-state index contributed by atoms with van der Waals surface area (Å²) < 4.78 is 25.1. The molecule has 2 aromatic carbocycles. The van der Waals surface area contributed by atoms with E-state index >= 15 is 0 Å². The average molecular weight is 360 g/mol. The Morgan fingerprint density at radius 3 is 2.16 bits per heavy atom. The van der Waals surface area contributed by atoms with E-state index in [1.54, 1.807) is 24.3 Å². The summed E-state index contributed by atoms with van der Waals surface area (Å²) in [6.07, 6.45) is 1.10. The predicted octanol–water partition coefficient (Wildman–Crippen LogP) is 2.80. The minimum absolute atomic E-state index is 0.229. The molecule has 0 saturated carbocycles. The topological polar surface area (TPSA) is 66.5 Å². The molecule has 134 valence electrons. The highest BCUT2D eigenvalue weighted by atomic mass is 32.2. The van der Waals surface area contributed by atoms with Crippen LogP contribution in [-0.4, -0.2) is 31.9 Å². The van der Waals surface area contributed by atoms with Crippen molar-refractivity contribution in [3.63, 3.8) is 0 Å². The fourth-order valence-electron chi connectivity index (χ4n) is 2.80. The van der Waals surface area contributed by atoms with Gasteiger partial charge in [-0.05, 0) is 30.5 Å². The van der Waals surface area contributed by atoms with E-state index in [1.807, 2.05) is 44.2 Å². The van der Waals surface area contributed by atoms with E-state index < -0.39 is 16.1 Å². The Morgan fingerprint density at radius 1 is 1.04 bits per heavy atom. The van der Waals surface area contributed by atoms with Crippen molar-refractivity contribution in [3.05, 3.63) is 71.3 Å². The van der Waals surface area contributed by atoms with Gasteiger partial charge in [-0.2, -0.15) is 4.31 Å². The molecule has 0 aliphatic heterocycles. The van der Waals surface area contributed by atoms with Crippen LogP contribution in [0, 0.1) is 6.92 Å². The van der Waals surface area contributed by atoms with Crippen molar-refractivity contribution in [1.82, 2.24) is 9.62 Å². The van der Waals surface area contributed by atoms with E-state index in [-0.39, 0.29) is 11.9 Å². The fraction of sp³-hybridized carbons (Fsp3) is 0.316. The van der Waals surface area contributed by atoms with Crippen LogP contribution in [0.3, 0.4) is 0 Å². The van der Waals surface area contributed by atoms with Crippen molar-refractivity contribution < 1.29 is 13.2 Å². The van der Waals surface area contributed by atoms with Crippen LogP contribution in [0.1, 0.15) is 35.7 Å². The lowest BCUT2D eigenvalue weighted by atomic mass is 10.0. The molecular weight excluding hydrogens is 336 g/mol. The third-order valence-electron chi connectivity index (χ3n) is 4.26. The Morgan fingerprint density at radius 2 is 1.60 bits per heavy atom. The molecule has 2 rings (SSSR count). The molecule has 0 saturated heterocycles. The summed E-state index contributed by atoms with van der Waals surface area (Å²) in [7, 11) is -2.11. The predicted molar refractivity (Wildman–Crippen MR) is 99.5 cm³/mol.